The van der Waals surface area contributed by atoms with Gasteiger partial charge in [0.05, 0.1) is 16.6 Å². The van der Waals surface area contributed by atoms with Gasteiger partial charge in [0.2, 0.25) is 0 Å². The molecule has 0 atom stereocenters. The summed E-state index contributed by atoms with van der Waals surface area (Å²) in [6.07, 6.45) is -4.53. The van der Waals surface area contributed by atoms with Crippen molar-refractivity contribution in [1.82, 2.24) is 14.5 Å². The fraction of sp³-hybridized carbons (Fsp3) is 0.0556. The number of rotatable bonds is 1. The lowest BCUT2D eigenvalue weighted by Gasteiger charge is -2.18. The van der Waals surface area contributed by atoms with Gasteiger partial charge in [-0.15, -0.1) is 0 Å². The maximum atomic E-state index is 13.1. The number of pyridine rings is 1. The minimum atomic E-state index is -4.53. The molecule has 2 heterocycles. The molecule has 5 nitrogen and oxygen atoms in total. The van der Waals surface area contributed by atoms with Crippen LogP contribution in [0.5, 0.6) is 0 Å². The predicted octanol–water partition coefficient (Wildman–Crippen LogP) is 3.85. The molecule has 2 aromatic rings. The molecule has 2 aliphatic rings. The lowest BCUT2D eigenvalue weighted by molar-refractivity contribution is -0.137. The van der Waals surface area contributed by atoms with Crippen LogP contribution >= 0.6 is 11.6 Å². The van der Waals surface area contributed by atoms with Crippen molar-refractivity contribution in [2.45, 2.75) is 6.18 Å². The van der Waals surface area contributed by atoms with Crippen molar-refractivity contribution in [3.05, 3.63) is 80.0 Å². The highest BCUT2D eigenvalue weighted by molar-refractivity contribution is 6.30. The van der Waals surface area contributed by atoms with Crippen molar-refractivity contribution in [3.8, 4) is 17.1 Å². The van der Waals surface area contributed by atoms with Crippen molar-refractivity contribution in [3.63, 3.8) is 0 Å². The van der Waals surface area contributed by atoms with Gasteiger partial charge >= 0.3 is 11.9 Å². The fourth-order valence-corrected chi connectivity index (χ4v) is 3.05. The summed E-state index contributed by atoms with van der Waals surface area (Å²) in [4.78, 5) is 29.8. The van der Waals surface area contributed by atoms with Crippen molar-refractivity contribution < 1.29 is 13.2 Å². The van der Waals surface area contributed by atoms with Crippen LogP contribution in [-0.2, 0) is 6.18 Å². The van der Waals surface area contributed by atoms with Crippen molar-refractivity contribution in [1.29, 1.82) is 0 Å². The van der Waals surface area contributed by atoms with E-state index in [0.717, 1.165) is 12.1 Å². The molecule has 2 aliphatic heterocycles. The smallest absolute Gasteiger partial charge is 0.294 e. The maximum Gasteiger partial charge on any atom is 0.416 e. The highest BCUT2D eigenvalue weighted by atomic mass is 35.5. The summed E-state index contributed by atoms with van der Waals surface area (Å²) in [6.45, 7) is 0. The number of hydrogen-bond acceptors (Lipinski definition) is 3. The number of aromatic nitrogens is 3. The molecule has 27 heavy (non-hydrogen) atoms. The minimum absolute atomic E-state index is 0.00336. The van der Waals surface area contributed by atoms with E-state index in [2.05, 4.69) is 4.98 Å². The average Bonchev–Trinajstić information content (AvgIpc) is 2.60. The van der Waals surface area contributed by atoms with Gasteiger partial charge in [-0.25, -0.2) is 4.79 Å². The summed E-state index contributed by atoms with van der Waals surface area (Å²) in [5.74, 6) is 0.0401. The van der Waals surface area contributed by atoms with Gasteiger partial charge in [-0.2, -0.15) is 18.2 Å². The third-order valence-corrected chi connectivity index (χ3v) is 4.36. The third kappa shape index (κ3) is 2.97. The molecule has 0 saturated heterocycles. The Morgan fingerprint density at radius 3 is 2.37 bits per heavy atom. The number of hydrogen-bond donors (Lipinski definition) is 1. The number of H-pyrrole nitrogens is 1. The van der Waals surface area contributed by atoms with Gasteiger partial charge in [-0.3, -0.25) is 14.3 Å². The number of halogens is 4. The largest absolute Gasteiger partial charge is 0.416 e. The Labute approximate surface area is 154 Å². The molecule has 2 aromatic carbocycles. The van der Waals surface area contributed by atoms with Crippen molar-refractivity contribution in [2.24, 2.45) is 0 Å². The second-order valence-electron chi connectivity index (χ2n) is 5.84. The van der Waals surface area contributed by atoms with Crippen molar-refractivity contribution in [2.75, 3.05) is 0 Å². The van der Waals surface area contributed by atoms with Gasteiger partial charge in [0.1, 0.15) is 0 Å². The molecule has 0 fully saturated rings. The molecule has 0 aliphatic carbocycles. The molecule has 0 amide bonds. The Balaban J connectivity index is 2.18. The first-order valence-corrected chi connectivity index (χ1v) is 8.05. The topological polar surface area (TPSA) is 67.8 Å². The summed E-state index contributed by atoms with van der Waals surface area (Å²) in [5.41, 5.74) is -1.57. The van der Waals surface area contributed by atoms with Crippen LogP contribution in [0.2, 0.25) is 5.02 Å². The Kier molecular flexibility index (Phi) is 3.81. The molecular weight excluding hydrogens is 383 g/mol. The number of nitrogens with zero attached hydrogens (tertiary/aromatic N) is 2. The van der Waals surface area contributed by atoms with Crippen LogP contribution in [0.15, 0.2) is 58.1 Å². The first kappa shape index (κ1) is 17.3. The van der Waals surface area contributed by atoms with Gasteiger partial charge in [0, 0.05) is 16.1 Å². The zero-order valence-corrected chi connectivity index (χ0v) is 14.1. The van der Waals surface area contributed by atoms with Crippen LogP contribution in [-0.4, -0.2) is 14.5 Å². The van der Waals surface area contributed by atoms with Crippen LogP contribution in [0, 0.1) is 0 Å². The van der Waals surface area contributed by atoms with E-state index < -0.39 is 23.0 Å². The monoisotopic (exact) mass is 391 g/mol. The Bertz CT molecular complexity index is 1260. The molecule has 0 radical (unpaired) electrons. The number of nitrogens with one attached hydrogen (secondary N) is 1. The second-order valence-corrected chi connectivity index (χ2v) is 6.27. The maximum absolute atomic E-state index is 13.1. The summed E-state index contributed by atoms with van der Waals surface area (Å²) in [6, 6.07) is 10.9. The molecule has 136 valence electrons. The lowest BCUT2D eigenvalue weighted by Crippen LogP contribution is -2.27. The Morgan fingerprint density at radius 1 is 1.00 bits per heavy atom. The fourth-order valence-electron chi connectivity index (χ4n) is 2.92. The standard InChI is InChI=1S/C18H9ClF3N3O2/c19-11-2-4-12(5-3-11)25-14-6-1-10(18(20,21)22)7-9(14)8-13-15(25)23-17(27)24-16(13)26/h1-8H,(H,24,26,27). The molecule has 1 N–H and O–H groups in total. The first-order chi connectivity index (χ1) is 12.7. The highest BCUT2D eigenvalue weighted by Crippen LogP contribution is 2.34. The molecule has 0 saturated carbocycles. The summed E-state index contributed by atoms with van der Waals surface area (Å²) >= 11 is 5.90. The number of benzene rings is 2. The van der Waals surface area contributed by atoms with Crippen LogP contribution in [0.25, 0.3) is 28.0 Å². The van der Waals surface area contributed by atoms with Crippen LogP contribution in [0.3, 0.4) is 0 Å². The van der Waals surface area contributed by atoms with E-state index in [9.17, 15) is 22.8 Å². The zero-order chi connectivity index (χ0) is 19.3. The highest BCUT2D eigenvalue weighted by Gasteiger charge is 2.31. The zero-order valence-electron chi connectivity index (χ0n) is 13.3. The van der Waals surface area contributed by atoms with Crippen LogP contribution in [0.1, 0.15) is 5.56 Å². The number of fused-ring (bicyclic) bond motifs is 2. The molecule has 4 rings (SSSR count). The molecule has 0 unspecified atom stereocenters. The van der Waals surface area contributed by atoms with E-state index in [-0.39, 0.29) is 16.8 Å². The number of alkyl halides is 3. The Morgan fingerprint density at radius 2 is 1.70 bits per heavy atom. The van der Waals surface area contributed by atoms with Crippen LogP contribution < -0.4 is 11.2 Å². The van der Waals surface area contributed by atoms with E-state index in [0.29, 0.717) is 16.2 Å². The summed E-state index contributed by atoms with van der Waals surface area (Å²) in [7, 11) is 0. The van der Waals surface area contributed by atoms with Crippen LogP contribution in [0.4, 0.5) is 13.2 Å². The average molecular weight is 392 g/mol. The summed E-state index contributed by atoms with van der Waals surface area (Å²) < 4.78 is 40.7. The summed E-state index contributed by atoms with van der Waals surface area (Å²) in [5, 5.41) is 0.636. The SMILES string of the molecule is O=c1nc2n(-c3ccc(Cl)cc3)c3ccc(C(F)(F)F)cc3cc-2c(=O)[nH]1. The quantitative estimate of drug-likeness (QED) is 0.501. The van der Waals surface area contributed by atoms with Gasteiger partial charge in [0.25, 0.3) is 5.56 Å². The van der Waals surface area contributed by atoms with Gasteiger partial charge in [0.15, 0.2) is 5.82 Å². The van der Waals surface area contributed by atoms with E-state index in [4.69, 9.17) is 11.6 Å². The van der Waals surface area contributed by atoms with Crippen molar-refractivity contribution >= 4 is 22.5 Å². The minimum Gasteiger partial charge on any atom is -0.294 e. The van der Waals surface area contributed by atoms with E-state index in [1.165, 1.54) is 16.7 Å². The molecule has 0 bridgehead atoms. The van der Waals surface area contributed by atoms with Gasteiger partial charge in [-0.05, 0) is 48.5 Å². The van der Waals surface area contributed by atoms with E-state index >= 15 is 0 Å². The molecular formula is C18H9ClF3N3O2. The predicted molar refractivity (Wildman–Crippen MR) is 94.6 cm³/mol. The second kappa shape index (κ2) is 5.95. The first-order valence-electron chi connectivity index (χ1n) is 7.67. The third-order valence-electron chi connectivity index (χ3n) is 4.11. The van der Waals surface area contributed by atoms with Gasteiger partial charge in [-0.1, -0.05) is 11.6 Å². The van der Waals surface area contributed by atoms with Gasteiger partial charge < -0.3 is 0 Å². The normalized spacial score (nSPS) is 12.0. The van der Waals surface area contributed by atoms with E-state index in [1.54, 1.807) is 24.3 Å². The molecule has 0 spiro atoms. The lowest BCUT2D eigenvalue weighted by atomic mass is 10.1. The number of aromatic amines is 1. The molecule has 9 heteroatoms. The Hall–Kier alpha value is -3.13. The molecule has 0 aromatic heterocycles. The van der Waals surface area contributed by atoms with E-state index in [1.807, 2.05) is 4.98 Å².